The van der Waals surface area contributed by atoms with Gasteiger partial charge in [-0.1, -0.05) is 65.9 Å². The van der Waals surface area contributed by atoms with E-state index in [2.05, 4.69) is 0 Å². The first-order valence-electron chi connectivity index (χ1n) is 8.47. The monoisotopic (exact) mass is 423 g/mol. The Morgan fingerprint density at radius 1 is 0.929 bits per heavy atom. The summed E-state index contributed by atoms with van der Waals surface area (Å²) in [5.41, 5.74) is 1.57. The number of halogens is 1. The van der Waals surface area contributed by atoms with Crippen molar-refractivity contribution in [2.75, 3.05) is 4.90 Å². The van der Waals surface area contributed by atoms with Crippen molar-refractivity contribution >= 4 is 57.6 Å². The average molecular weight is 424 g/mol. The third kappa shape index (κ3) is 4.12. The van der Waals surface area contributed by atoms with Gasteiger partial charge in [0.1, 0.15) is 11.5 Å². The second-order valence-electron chi connectivity index (χ2n) is 5.98. The maximum Gasteiger partial charge on any atom is 0.270 e. The molecule has 28 heavy (non-hydrogen) atoms. The molecule has 0 unspecified atom stereocenters. The van der Waals surface area contributed by atoms with Crippen LogP contribution in [-0.2, 0) is 4.79 Å². The van der Waals surface area contributed by atoms with Crippen molar-refractivity contribution in [1.29, 1.82) is 0 Å². The van der Waals surface area contributed by atoms with Crippen LogP contribution in [0.1, 0.15) is 5.56 Å². The minimum atomic E-state index is -0.147. The van der Waals surface area contributed by atoms with Gasteiger partial charge in [0.2, 0.25) is 0 Å². The summed E-state index contributed by atoms with van der Waals surface area (Å²) in [7, 11) is 0. The lowest BCUT2D eigenvalue weighted by molar-refractivity contribution is -0.113. The first kappa shape index (κ1) is 18.7. The summed E-state index contributed by atoms with van der Waals surface area (Å²) >= 11 is 12.6. The summed E-state index contributed by atoms with van der Waals surface area (Å²) in [5, 5.41) is 0.611. The second kappa shape index (κ2) is 8.19. The molecular weight excluding hydrogens is 410 g/mol. The molecule has 0 aliphatic carbocycles. The van der Waals surface area contributed by atoms with Gasteiger partial charge < -0.3 is 4.74 Å². The third-order valence-electron chi connectivity index (χ3n) is 4.01. The van der Waals surface area contributed by atoms with E-state index in [1.54, 1.807) is 24.3 Å². The number of rotatable bonds is 4. The van der Waals surface area contributed by atoms with Crippen LogP contribution in [0.5, 0.6) is 11.5 Å². The van der Waals surface area contributed by atoms with Gasteiger partial charge >= 0.3 is 0 Å². The van der Waals surface area contributed by atoms with Crippen LogP contribution in [0.25, 0.3) is 6.08 Å². The summed E-state index contributed by atoms with van der Waals surface area (Å²) in [6, 6.07) is 24.2. The standard InChI is InChI=1S/C22H14ClNO2S2/c23-16-9-11-17(12-10-16)24-21(25)20(28-22(24)27)14-15-5-4-8-19(13-15)26-18-6-2-1-3-7-18/h1-14H/b20-14-. The van der Waals surface area contributed by atoms with E-state index in [0.717, 1.165) is 11.3 Å². The highest BCUT2D eigenvalue weighted by Crippen LogP contribution is 2.36. The summed E-state index contributed by atoms with van der Waals surface area (Å²) in [4.78, 5) is 15.0. The number of nitrogens with zero attached hydrogens (tertiary/aromatic N) is 1. The second-order valence-corrected chi connectivity index (χ2v) is 8.09. The van der Waals surface area contributed by atoms with Gasteiger partial charge in [-0.15, -0.1) is 0 Å². The molecule has 3 aromatic carbocycles. The van der Waals surface area contributed by atoms with Crippen molar-refractivity contribution in [3.05, 3.63) is 94.4 Å². The number of para-hydroxylation sites is 1. The quantitative estimate of drug-likeness (QED) is 0.352. The number of carbonyl (C=O) groups is 1. The van der Waals surface area contributed by atoms with Crippen LogP contribution in [0, 0.1) is 0 Å². The minimum Gasteiger partial charge on any atom is -0.457 e. The molecule has 4 rings (SSSR count). The van der Waals surface area contributed by atoms with E-state index < -0.39 is 0 Å². The molecule has 3 aromatic rings. The van der Waals surface area contributed by atoms with Crippen molar-refractivity contribution in [1.82, 2.24) is 0 Å². The van der Waals surface area contributed by atoms with Crippen LogP contribution < -0.4 is 9.64 Å². The Hall–Kier alpha value is -2.60. The zero-order valence-electron chi connectivity index (χ0n) is 14.5. The number of carbonyl (C=O) groups excluding carboxylic acids is 1. The van der Waals surface area contributed by atoms with Crippen LogP contribution in [0.4, 0.5) is 5.69 Å². The van der Waals surface area contributed by atoms with E-state index in [-0.39, 0.29) is 5.91 Å². The Morgan fingerprint density at radius 3 is 2.39 bits per heavy atom. The van der Waals surface area contributed by atoms with E-state index in [1.807, 2.05) is 60.7 Å². The molecule has 1 aliphatic rings. The summed E-state index contributed by atoms with van der Waals surface area (Å²) in [6.07, 6.45) is 1.83. The zero-order valence-corrected chi connectivity index (χ0v) is 16.9. The summed E-state index contributed by atoms with van der Waals surface area (Å²) in [6.45, 7) is 0. The van der Waals surface area contributed by atoms with Gasteiger partial charge in [-0.3, -0.25) is 9.69 Å². The lowest BCUT2D eigenvalue weighted by atomic mass is 10.2. The highest BCUT2D eigenvalue weighted by Gasteiger charge is 2.33. The van der Waals surface area contributed by atoms with Gasteiger partial charge in [0, 0.05) is 5.02 Å². The number of thiocarbonyl (C=S) groups is 1. The van der Waals surface area contributed by atoms with Gasteiger partial charge in [-0.05, 0) is 60.2 Å². The fourth-order valence-electron chi connectivity index (χ4n) is 2.72. The molecule has 0 saturated carbocycles. The van der Waals surface area contributed by atoms with Gasteiger partial charge in [0.05, 0.1) is 10.6 Å². The largest absolute Gasteiger partial charge is 0.457 e. The molecule has 138 valence electrons. The average Bonchev–Trinajstić information content (AvgIpc) is 2.97. The van der Waals surface area contributed by atoms with Crippen LogP contribution in [0.3, 0.4) is 0 Å². The van der Waals surface area contributed by atoms with Crippen LogP contribution >= 0.6 is 35.6 Å². The highest BCUT2D eigenvalue weighted by atomic mass is 35.5. The Kier molecular flexibility index (Phi) is 5.48. The number of hydrogen-bond acceptors (Lipinski definition) is 4. The van der Waals surface area contributed by atoms with E-state index in [1.165, 1.54) is 16.7 Å². The Bertz CT molecular complexity index is 1070. The lowest BCUT2D eigenvalue weighted by Crippen LogP contribution is -2.27. The van der Waals surface area contributed by atoms with Crippen LogP contribution in [0.15, 0.2) is 83.8 Å². The van der Waals surface area contributed by atoms with Crippen molar-refractivity contribution < 1.29 is 9.53 Å². The fraction of sp³-hybridized carbons (Fsp3) is 0. The molecule has 1 amide bonds. The molecule has 3 nitrogen and oxygen atoms in total. The van der Waals surface area contributed by atoms with Gasteiger partial charge in [0.15, 0.2) is 4.32 Å². The molecule has 0 radical (unpaired) electrons. The van der Waals surface area contributed by atoms with Crippen molar-refractivity contribution in [2.45, 2.75) is 0 Å². The number of benzene rings is 3. The van der Waals surface area contributed by atoms with Crippen LogP contribution in [-0.4, -0.2) is 10.2 Å². The van der Waals surface area contributed by atoms with Crippen molar-refractivity contribution in [3.63, 3.8) is 0 Å². The maximum absolute atomic E-state index is 12.9. The number of hydrogen-bond donors (Lipinski definition) is 0. The smallest absolute Gasteiger partial charge is 0.270 e. The van der Waals surface area contributed by atoms with E-state index in [4.69, 9.17) is 28.6 Å². The number of thioether (sulfide) groups is 1. The number of anilines is 1. The van der Waals surface area contributed by atoms with Gasteiger partial charge in [-0.25, -0.2) is 0 Å². The molecule has 0 bridgehead atoms. The fourth-order valence-corrected chi connectivity index (χ4v) is 4.15. The molecule has 0 atom stereocenters. The van der Waals surface area contributed by atoms with Crippen molar-refractivity contribution in [3.8, 4) is 11.5 Å². The molecule has 1 heterocycles. The molecular formula is C22H14ClNO2S2. The first-order chi connectivity index (χ1) is 13.6. The minimum absolute atomic E-state index is 0.147. The Labute approximate surface area is 177 Å². The normalized spacial score (nSPS) is 15.3. The summed E-state index contributed by atoms with van der Waals surface area (Å²) in [5.74, 6) is 1.31. The van der Waals surface area contributed by atoms with E-state index in [0.29, 0.717) is 25.7 Å². The third-order valence-corrected chi connectivity index (χ3v) is 5.57. The Balaban J connectivity index is 1.57. The topological polar surface area (TPSA) is 29.5 Å². The predicted octanol–water partition coefficient (Wildman–Crippen LogP) is 6.54. The molecule has 1 aliphatic heterocycles. The maximum atomic E-state index is 12.9. The van der Waals surface area contributed by atoms with Crippen LogP contribution in [0.2, 0.25) is 5.02 Å². The van der Waals surface area contributed by atoms with Gasteiger partial charge in [0.25, 0.3) is 5.91 Å². The molecule has 0 spiro atoms. The lowest BCUT2D eigenvalue weighted by Gasteiger charge is -2.14. The molecule has 1 fully saturated rings. The summed E-state index contributed by atoms with van der Waals surface area (Å²) < 4.78 is 6.36. The molecule has 0 N–H and O–H groups in total. The first-order valence-corrected chi connectivity index (χ1v) is 10.1. The molecule has 0 aromatic heterocycles. The highest BCUT2D eigenvalue weighted by molar-refractivity contribution is 8.27. The Morgan fingerprint density at radius 2 is 1.64 bits per heavy atom. The molecule has 1 saturated heterocycles. The van der Waals surface area contributed by atoms with E-state index in [9.17, 15) is 4.79 Å². The van der Waals surface area contributed by atoms with Gasteiger partial charge in [-0.2, -0.15) is 0 Å². The van der Waals surface area contributed by atoms with Crippen molar-refractivity contribution in [2.24, 2.45) is 0 Å². The SMILES string of the molecule is O=C1/C(=C/c2cccc(Oc3ccccc3)c2)SC(=S)N1c1ccc(Cl)cc1. The zero-order chi connectivity index (χ0) is 19.5. The number of amides is 1. The predicted molar refractivity (Wildman–Crippen MR) is 120 cm³/mol. The van der Waals surface area contributed by atoms with E-state index >= 15 is 0 Å². The number of ether oxygens (including phenoxy) is 1. The molecule has 6 heteroatoms.